The number of anilines is 1. The van der Waals surface area contributed by atoms with Crippen molar-refractivity contribution in [1.29, 1.82) is 0 Å². The molecule has 1 N–H and O–H groups in total. The summed E-state index contributed by atoms with van der Waals surface area (Å²) in [6.45, 7) is 0. The molecular weight excluding hydrogens is 343 g/mol. The zero-order valence-electron chi connectivity index (χ0n) is 11.4. The zero-order valence-corrected chi connectivity index (χ0v) is 13.0. The molecule has 0 saturated heterocycles. The molecule has 3 rings (SSSR count). The van der Waals surface area contributed by atoms with Gasteiger partial charge in [0.25, 0.3) is 11.6 Å². The largest absolute Gasteiger partial charge is 0.318 e. The third kappa shape index (κ3) is 2.88. The van der Waals surface area contributed by atoms with Crippen LogP contribution < -0.4 is 5.32 Å². The highest BCUT2D eigenvalue weighted by Gasteiger charge is 2.19. The molecule has 0 spiro atoms. The molecule has 8 heteroatoms. The normalized spacial score (nSPS) is 10.7. The van der Waals surface area contributed by atoms with E-state index in [0.717, 1.165) is 28.3 Å². The summed E-state index contributed by atoms with van der Waals surface area (Å²) in [6, 6.07) is 10.1. The van der Waals surface area contributed by atoms with Gasteiger partial charge in [0.15, 0.2) is 0 Å². The van der Waals surface area contributed by atoms with Crippen molar-refractivity contribution in [2.75, 3.05) is 5.32 Å². The Bertz CT molecular complexity index is 942. The fraction of sp³-hybridized carbons (Fsp3) is 0. The number of non-ortho nitro benzene ring substituents is 1. The van der Waals surface area contributed by atoms with E-state index in [9.17, 15) is 19.3 Å². The summed E-state index contributed by atoms with van der Waals surface area (Å²) in [4.78, 5) is 22.6. The molecule has 3 aromatic rings. The van der Waals surface area contributed by atoms with Gasteiger partial charge in [0.1, 0.15) is 10.7 Å². The summed E-state index contributed by atoms with van der Waals surface area (Å²) < 4.78 is 14.6. The van der Waals surface area contributed by atoms with Crippen molar-refractivity contribution in [3.63, 3.8) is 0 Å². The van der Waals surface area contributed by atoms with E-state index in [1.54, 1.807) is 12.1 Å². The Balaban J connectivity index is 1.96. The topological polar surface area (TPSA) is 72.2 Å². The Kier molecular flexibility index (Phi) is 3.97. The van der Waals surface area contributed by atoms with Gasteiger partial charge in [-0.05, 0) is 12.1 Å². The van der Waals surface area contributed by atoms with Crippen LogP contribution in [0.5, 0.6) is 0 Å². The third-order valence-corrected chi connectivity index (χ3v) is 4.82. The summed E-state index contributed by atoms with van der Waals surface area (Å²) in [5.41, 5.74) is -0.582. The van der Waals surface area contributed by atoms with Crippen molar-refractivity contribution in [2.45, 2.75) is 0 Å². The number of fused-ring (bicyclic) bond motifs is 1. The van der Waals surface area contributed by atoms with E-state index in [-0.39, 0.29) is 21.3 Å². The predicted octanol–water partition coefficient (Wildman–Crippen LogP) is 4.85. The van der Waals surface area contributed by atoms with Crippen LogP contribution in [0.4, 0.5) is 15.8 Å². The molecule has 0 unspecified atom stereocenters. The number of thiophene rings is 1. The van der Waals surface area contributed by atoms with Crippen molar-refractivity contribution in [2.24, 2.45) is 0 Å². The van der Waals surface area contributed by atoms with Gasteiger partial charge in [-0.2, -0.15) is 0 Å². The molecule has 0 bridgehead atoms. The summed E-state index contributed by atoms with van der Waals surface area (Å²) >= 11 is 7.35. The highest BCUT2D eigenvalue weighted by Crippen LogP contribution is 2.35. The number of halogens is 2. The van der Waals surface area contributed by atoms with Crippen LogP contribution in [0, 0.1) is 15.9 Å². The first kappa shape index (κ1) is 15.4. The minimum atomic E-state index is -0.763. The first-order valence-electron chi connectivity index (χ1n) is 6.39. The number of nitro benzene ring substituents is 1. The van der Waals surface area contributed by atoms with Crippen molar-refractivity contribution < 1.29 is 14.1 Å². The van der Waals surface area contributed by atoms with Crippen molar-refractivity contribution in [1.82, 2.24) is 0 Å². The van der Waals surface area contributed by atoms with E-state index in [4.69, 9.17) is 11.6 Å². The molecule has 0 fully saturated rings. The average molecular weight is 351 g/mol. The van der Waals surface area contributed by atoms with E-state index in [1.807, 2.05) is 12.1 Å². The van der Waals surface area contributed by atoms with Crippen LogP contribution in [0.2, 0.25) is 5.02 Å². The molecule has 5 nitrogen and oxygen atoms in total. The number of benzene rings is 2. The maximum absolute atomic E-state index is 13.7. The monoisotopic (exact) mass is 350 g/mol. The Morgan fingerprint density at radius 1 is 1.26 bits per heavy atom. The SMILES string of the molecule is O=C(Nc1cc([N+](=O)[O-])ccc1F)c1sc2ccccc2c1Cl. The van der Waals surface area contributed by atoms with E-state index >= 15 is 0 Å². The van der Waals surface area contributed by atoms with Gasteiger partial charge in [-0.1, -0.05) is 29.8 Å². The summed E-state index contributed by atoms with van der Waals surface area (Å²) in [5.74, 6) is -1.38. The molecule has 0 aliphatic rings. The number of hydrogen-bond acceptors (Lipinski definition) is 4. The maximum Gasteiger partial charge on any atom is 0.271 e. The molecule has 0 saturated carbocycles. The van der Waals surface area contributed by atoms with Crippen LogP contribution in [-0.4, -0.2) is 10.8 Å². The first-order chi connectivity index (χ1) is 11.0. The number of carbonyl (C=O) groups is 1. The van der Waals surface area contributed by atoms with Crippen LogP contribution in [0.15, 0.2) is 42.5 Å². The lowest BCUT2D eigenvalue weighted by Crippen LogP contribution is -2.12. The number of amides is 1. The fourth-order valence-electron chi connectivity index (χ4n) is 2.06. The molecule has 1 amide bonds. The number of hydrogen-bond donors (Lipinski definition) is 1. The van der Waals surface area contributed by atoms with Gasteiger partial charge >= 0.3 is 0 Å². The Hall–Kier alpha value is -2.51. The van der Waals surface area contributed by atoms with Crippen molar-refractivity contribution >= 4 is 50.3 Å². The molecule has 116 valence electrons. The minimum absolute atomic E-state index is 0.221. The molecular formula is C15H8ClFN2O3S. The highest BCUT2D eigenvalue weighted by atomic mass is 35.5. The number of nitrogens with one attached hydrogen (secondary N) is 1. The van der Waals surface area contributed by atoms with Gasteiger partial charge in [0, 0.05) is 22.2 Å². The quantitative estimate of drug-likeness (QED) is 0.542. The smallest absolute Gasteiger partial charge is 0.271 e. The molecule has 0 aliphatic carbocycles. The second kappa shape index (κ2) is 5.94. The molecule has 0 radical (unpaired) electrons. The Morgan fingerprint density at radius 2 is 2.00 bits per heavy atom. The van der Waals surface area contributed by atoms with Crippen molar-refractivity contribution in [3.05, 3.63) is 68.3 Å². The summed E-state index contributed by atoms with van der Waals surface area (Å²) in [6.07, 6.45) is 0. The standard InChI is InChI=1S/C15H8ClFN2O3S/c16-13-9-3-1-2-4-12(9)23-14(13)15(20)18-11-7-8(19(21)22)5-6-10(11)17/h1-7H,(H,18,20). The lowest BCUT2D eigenvalue weighted by atomic mass is 10.2. The molecule has 23 heavy (non-hydrogen) atoms. The van der Waals surface area contributed by atoms with Gasteiger partial charge < -0.3 is 5.32 Å². The zero-order chi connectivity index (χ0) is 16.6. The molecule has 1 aromatic heterocycles. The number of rotatable bonds is 3. The number of nitrogens with zero attached hydrogens (tertiary/aromatic N) is 1. The highest BCUT2D eigenvalue weighted by molar-refractivity contribution is 7.21. The van der Waals surface area contributed by atoms with Crippen LogP contribution in [0.25, 0.3) is 10.1 Å². The van der Waals surface area contributed by atoms with Gasteiger partial charge in [0.2, 0.25) is 0 Å². The van der Waals surface area contributed by atoms with E-state index in [1.165, 1.54) is 11.3 Å². The van der Waals surface area contributed by atoms with Crippen molar-refractivity contribution in [3.8, 4) is 0 Å². The number of nitro groups is 1. The van der Waals surface area contributed by atoms with Gasteiger partial charge in [-0.25, -0.2) is 4.39 Å². The van der Waals surface area contributed by atoms with Crippen LogP contribution in [0.3, 0.4) is 0 Å². The lowest BCUT2D eigenvalue weighted by molar-refractivity contribution is -0.384. The predicted molar refractivity (Wildman–Crippen MR) is 87.8 cm³/mol. The van der Waals surface area contributed by atoms with Crippen LogP contribution in [-0.2, 0) is 0 Å². The van der Waals surface area contributed by atoms with E-state index in [2.05, 4.69) is 5.32 Å². The van der Waals surface area contributed by atoms with Gasteiger partial charge in [-0.15, -0.1) is 11.3 Å². The summed E-state index contributed by atoms with van der Waals surface area (Å²) in [7, 11) is 0. The minimum Gasteiger partial charge on any atom is -0.318 e. The van der Waals surface area contributed by atoms with Crippen LogP contribution in [0.1, 0.15) is 9.67 Å². The molecule has 2 aromatic carbocycles. The van der Waals surface area contributed by atoms with Gasteiger partial charge in [0.05, 0.1) is 15.6 Å². The third-order valence-electron chi connectivity index (χ3n) is 3.15. The fourth-order valence-corrected chi connectivity index (χ4v) is 3.47. The second-order valence-corrected chi connectivity index (χ2v) is 6.05. The average Bonchev–Trinajstić information content (AvgIpc) is 2.87. The second-order valence-electron chi connectivity index (χ2n) is 4.62. The van der Waals surface area contributed by atoms with Gasteiger partial charge in [-0.3, -0.25) is 14.9 Å². The van der Waals surface area contributed by atoms with Crippen LogP contribution >= 0.6 is 22.9 Å². The maximum atomic E-state index is 13.7. The summed E-state index contributed by atoms with van der Waals surface area (Å²) in [5, 5.41) is 14.1. The lowest BCUT2D eigenvalue weighted by Gasteiger charge is -2.05. The number of carbonyl (C=O) groups excluding carboxylic acids is 1. The van der Waals surface area contributed by atoms with E-state index in [0.29, 0.717) is 0 Å². The first-order valence-corrected chi connectivity index (χ1v) is 7.59. The Labute approximate surface area is 138 Å². The Morgan fingerprint density at radius 3 is 2.70 bits per heavy atom. The molecule has 0 atom stereocenters. The molecule has 0 aliphatic heterocycles. The molecule has 1 heterocycles. The van der Waals surface area contributed by atoms with E-state index < -0.39 is 16.6 Å².